The molecule has 2 aromatic carbocycles. The van der Waals surface area contributed by atoms with Crippen LogP contribution in [0.1, 0.15) is 18.4 Å². The Kier molecular flexibility index (Phi) is 5.11. The summed E-state index contributed by atoms with van der Waals surface area (Å²) >= 11 is 1.60. The van der Waals surface area contributed by atoms with Crippen LogP contribution in [0.5, 0.6) is 11.5 Å². The fraction of sp³-hybridized carbons (Fsp3) is 0.208. The summed E-state index contributed by atoms with van der Waals surface area (Å²) in [7, 11) is 0. The molecule has 152 valence electrons. The third-order valence-corrected chi connectivity index (χ3v) is 6.58. The molecule has 0 atom stereocenters. The third kappa shape index (κ3) is 3.88. The summed E-state index contributed by atoms with van der Waals surface area (Å²) in [4.78, 5) is 8.07. The standard InChI is InChI=1S/C24H22FN3OS/c25-19-13-18(26)7-8-21(19)29-22-9-10-27-20-14-23(30-24(20)22)17-5-3-16(4-6-17)15-28-11-1-2-12-28/h3-10,13-14H,1-2,11-12,15,26H2. The maximum atomic E-state index is 14.2. The Labute approximate surface area is 178 Å². The number of benzene rings is 2. The van der Waals surface area contributed by atoms with Crippen LogP contribution >= 0.6 is 11.3 Å². The number of hydrogen-bond donors (Lipinski definition) is 1. The lowest BCUT2D eigenvalue weighted by Crippen LogP contribution is -2.18. The maximum Gasteiger partial charge on any atom is 0.167 e. The summed E-state index contributed by atoms with van der Waals surface area (Å²) in [5, 5.41) is 0. The van der Waals surface area contributed by atoms with Gasteiger partial charge in [-0.05, 0) is 55.3 Å². The molecule has 0 bridgehead atoms. The number of aromatic nitrogens is 1. The molecule has 4 aromatic rings. The van der Waals surface area contributed by atoms with Gasteiger partial charge in [-0.1, -0.05) is 24.3 Å². The highest BCUT2D eigenvalue weighted by atomic mass is 32.1. The Morgan fingerprint density at radius 2 is 1.80 bits per heavy atom. The van der Waals surface area contributed by atoms with Crippen LogP contribution in [0.15, 0.2) is 60.8 Å². The molecule has 0 unspecified atom stereocenters. The number of hydrogen-bond acceptors (Lipinski definition) is 5. The quantitative estimate of drug-likeness (QED) is 0.399. The molecule has 2 N–H and O–H groups in total. The number of pyridine rings is 1. The largest absolute Gasteiger partial charge is 0.453 e. The zero-order chi connectivity index (χ0) is 20.5. The molecule has 1 aliphatic heterocycles. The zero-order valence-electron chi connectivity index (χ0n) is 16.5. The van der Waals surface area contributed by atoms with E-state index in [0.29, 0.717) is 11.4 Å². The van der Waals surface area contributed by atoms with E-state index in [4.69, 9.17) is 10.5 Å². The van der Waals surface area contributed by atoms with E-state index in [1.807, 2.05) is 0 Å². The average Bonchev–Trinajstić information content (AvgIpc) is 3.41. The molecule has 0 radical (unpaired) electrons. The third-order valence-electron chi connectivity index (χ3n) is 5.39. The van der Waals surface area contributed by atoms with Crippen LogP contribution < -0.4 is 10.5 Å². The smallest absolute Gasteiger partial charge is 0.167 e. The van der Waals surface area contributed by atoms with Crippen molar-refractivity contribution in [3.05, 3.63) is 72.2 Å². The van der Waals surface area contributed by atoms with Crippen LogP contribution in [0, 0.1) is 5.82 Å². The minimum Gasteiger partial charge on any atom is -0.453 e. The SMILES string of the molecule is Nc1ccc(Oc2ccnc3cc(-c4ccc(CN5CCCC5)cc4)sc23)c(F)c1. The first-order chi connectivity index (χ1) is 14.7. The van der Waals surface area contributed by atoms with Crippen molar-refractivity contribution >= 4 is 27.2 Å². The number of nitrogen functional groups attached to an aromatic ring is 1. The van der Waals surface area contributed by atoms with Crippen LogP contribution in [0.25, 0.3) is 20.7 Å². The van der Waals surface area contributed by atoms with Crippen molar-refractivity contribution in [2.75, 3.05) is 18.8 Å². The van der Waals surface area contributed by atoms with Gasteiger partial charge in [0.05, 0.1) is 10.2 Å². The van der Waals surface area contributed by atoms with Crippen LogP contribution in [0.4, 0.5) is 10.1 Å². The predicted molar refractivity (Wildman–Crippen MR) is 120 cm³/mol. The van der Waals surface area contributed by atoms with E-state index in [2.05, 4.69) is 40.2 Å². The van der Waals surface area contributed by atoms with Crippen LogP contribution in [0.3, 0.4) is 0 Å². The minimum atomic E-state index is -0.481. The highest BCUT2D eigenvalue weighted by Crippen LogP contribution is 2.39. The fourth-order valence-electron chi connectivity index (χ4n) is 3.83. The number of fused-ring (bicyclic) bond motifs is 1. The molecule has 2 aromatic heterocycles. The Hall–Kier alpha value is -2.96. The maximum absolute atomic E-state index is 14.2. The normalized spacial score (nSPS) is 14.4. The van der Waals surface area contributed by atoms with E-state index >= 15 is 0 Å². The lowest BCUT2D eigenvalue weighted by atomic mass is 10.1. The van der Waals surface area contributed by atoms with E-state index in [1.54, 1.807) is 35.7 Å². The van der Waals surface area contributed by atoms with Crippen molar-refractivity contribution in [3.8, 4) is 21.9 Å². The molecule has 1 aliphatic rings. The van der Waals surface area contributed by atoms with E-state index in [9.17, 15) is 4.39 Å². The molecule has 0 spiro atoms. The lowest BCUT2D eigenvalue weighted by Gasteiger charge is -2.14. The van der Waals surface area contributed by atoms with Crippen molar-refractivity contribution in [1.29, 1.82) is 0 Å². The van der Waals surface area contributed by atoms with Crippen molar-refractivity contribution in [2.24, 2.45) is 0 Å². The number of thiophene rings is 1. The van der Waals surface area contributed by atoms with Gasteiger partial charge in [-0.15, -0.1) is 11.3 Å². The van der Waals surface area contributed by atoms with Crippen molar-refractivity contribution < 1.29 is 9.13 Å². The Morgan fingerprint density at radius 1 is 1.00 bits per heavy atom. The van der Waals surface area contributed by atoms with Gasteiger partial charge >= 0.3 is 0 Å². The topological polar surface area (TPSA) is 51.4 Å². The molecule has 1 saturated heterocycles. The lowest BCUT2D eigenvalue weighted by molar-refractivity contribution is 0.331. The molecule has 30 heavy (non-hydrogen) atoms. The first kappa shape index (κ1) is 19.0. The molecule has 0 saturated carbocycles. The number of ether oxygens (including phenoxy) is 1. The second kappa shape index (κ2) is 8.05. The molecule has 0 amide bonds. The zero-order valence-corrected chi connectivity index (χ0v) is 17.3. The number of anilines is 1. The molecule has 3 heterocycles. The number of nitrogens with zero attached hydrogens (tertiary/aromatic N) is 2. The van der Waals surface area contributed by atoms with Gasteiger partial charge in [0.15, 0.2) is 11.6 Å². The average molecular weight is 420 g/mol. The highest BCUT2D eigenvalue weighted by Gasteiger charge is 2.14. The summed E-state index contributed by atoms with van der Waals surface area (Å²) < 4.78 is 20.9. The van der Waals surface area contributed by atoms with E-state index in [0.717, 1.165) is 27.2 Å². The van der Waals surface area contributed by atoms with Gasteiger partial charge in [0.1, 0.15) is 5.75 Å². The molecular weight excluding hydrogens is 397 g/mol. The molecule has 1 fully saturated rings. The van der Waals surface area contributed by atoms with Crippen LogP contribution in [0.2, 0.25) is 0 Å². The van der Waals surface area contributed by atoms with Crippen molar-refractivity contribution in [2.45, 2.75) is 19.4 Å². The summed E-state index contributed by atoms with van der Waals surface area (Å²) in [5.74, 6) is 0.258. The number of rotatable bonds is 5. The van der Waals surface area contributed by atoms with E-state index in [-0.39, 0.29) is 5.75 Å². The molecule has 4 nitrogen and oxygen atoms in total. The van der Waals surface area contributed by atoms with Crippen molar-refractivity contribution in [3.63, 3.8) is 0 Å². The molecule has 0 aliphatic carbocycles. The Morgan fingerprint density at radius 3 is 2.57 bits per heavy atom. The molecule has 6 heteroatoms. The van der Waals surface area contributed by atoms with E-state index in [1.165, 1.54) is 37.6 Å². The Balaban J connectivity index is 1.41. The minimum absolute atomic E-state index is 0.151. The second-order valence-electron chi connectivity index (χ2n) is 7.61. The second-order valence-corrected chi connectivity index (χ2v) is 8.66. The van der Waals surface area contributed by atoms with Gasteiger partial charge in [-0.2, -0.15) is 0 Å². The van der Waals surface area contributed by atoms with Crippen LogP contribution in [-0.2, 0) is 6.54 Å². The summed E-state index contributed by atoms with van der Waals surface area (Å²) in [6.45, 7) is 3.40. The molecular formula is C24H22FN3OS. The van der Waals surface area contributed by atoms with Gasteiger partial charge in [0, 0.05) is 35.4 Å². The summed E-state index contributed by atoms with van der Waals surface area (Å²) in [6.07, 6.45) is 4.29. The van der Waals surface area contributed by atoms with Crippen LogP contribution in [-0.4, -0.2) is 23.0 Å². The van der Waals surface area contributed by atoms with Gasteiger partial charge < -0.3 is 10.5 Å². The van der Waals surface area contributed by atoms with E-state index < -0.39 is 5.82 Å². The van der Waals surface area contributed by atoms with Gasteiger partial charge in [-0.25, -0.2) is 4.39 Å². The van der Waals surface area contributed by atoms with Crippen molar-refractivity contribution in [1.82, 2.24) is 9.88 Å². The monoisotopic (exact) mass is 419 g/mol. The van der Waals surface area contributed by atoms with Gasteiger partial charge in [-0.3, -0.25) is 9.88 Å². The van der Waals surface area contributed by atoms with Gasteiger partial charge in [0.25, 0.3) is 0 Å². The molecule has 5 rings (SSSR count). The first-order valence-corrected chi connectivity index (χ1v) is 10.9. The summed E-state index contributed by atoms with van der Waals surface area (Å²) in [6, 6.07) is 17.0. The Bertz CT molecular complexity index is 1180. The van der Waals surface area contributed by atoms with Gasteiger partial charge in [0.2, 0.25) is 0 Å². The summed E-state index contributed by atoms with van der Waals surface area (Å²) in [5.41, 5.74) is 9.32. The number of likely N-dealkylation sites (tertiary alicyclic amines) is 1. The number of halogens is 1. The highest BCUT2D eigenvalue weighted by molar-refractivity contribution is 7.22. The predicted octanol–water partition coefficient (Wildman–Crippen LogP) is 6.07. The fourth-order valence-corrected chi connectivity index (χ4v) is 4.90. The number of nitrogens with two attached hydrogens (primary N) is 1. The first-order valence-electron chi connectivity index (χ1n) is 10.1.